The molecule has 0 aliphatic heterocycles. The standard InChI is InChI=1S/C12H11Cl2NO4/c1-6(16)15-10(12(18)19)5-11(17)7-2-3-8(13)9(14)4-7/h2-4,10H,5H2,1H3,(H,15,16)(H,18,19)/t10-/m1/s1. The molecule has 2 N–H and O–H groups in total. The van der Waals surface area contributed by atoms with Gasteiger partial charge in [0, 0.05) is 18.9 Å². The minimum atomic E-state index is -1.27. The Labute approximate surface area is 119 Å². The number of carbonyl (C=O) groups excluding carboxylic acids is 2. The summed E-state index contributed by atoms with van der Waals surface area (Å²) in [5.41, 5.74) is 0.242. The highest BCUT2D eigenvalue weighted by molar-refractivity contribution is 6.42. The van der Waals surface area contributed by atoms with Gasteiger partial charge in [-0.05, 0) is 18.2 Å². The van der Waals surface area contributed by atoms with Crippen LogP contribution in [0.4, 0.5) is 0 Å². The number of halogens is 2. The highest BCUT2D eigenvalue weighted by atomic mass is 35.5. The van der Waals surface area contributed by atoms with Gasteiger partial charge in [-0.1, -0.05) is 23.2 Å². The van der Waals surface area contributed by atoms with Crippen LogP contribution in [0.25, 0.3) is 0 Å². The summed E-state index contributed by atoms with van der Waals surface area (Å²) in [4.78, 5) is 33.6. The summed E-state index contributed by atoms with van der Waals surface area (Å²) in [5.74, 6) is -2.24. The number of carboxylic acids is 1. The third-order valence-electron chi connectivity index (χ3n) is 2.31. The molecule has 1 aromatic rings. The van der Waals surface area contributed by atoms with Crippen LogP contribution in [0.1, 0.15) is 23.7 Å². The summed E-state index contributed by atoms with van der Waals surface area (Å²) in [6.07, 6.45) is -0.354. The second-order valence-electron chi connectivity index (χ2n) is 3.85. The van der Waals surface area contributed by atoms with E-state index in [0.29, 0.717) is 5.02 Å². The normalized spacial score (nSPS) is 11.7. The van der Waals surface area contributed by atoms with Crippen molar-refractivity contribution in [2.24, 2.45) is 0 Å². The second kappa shape index (κ2) is 6.54. The predicted molar refractivity (Wildman–Crippen MR) is 70.7 cm³/mol. The third kappa shape index (κ3) is 4.54. The van der Waals surface area contributed by atoms with E-state index >= 15 is 0 Å². The maximum absolute atomic E-state index is 11.9. The van der Waals surface area contributed by atoms with Gasteiger partial charge in [-0.15, -0.1) is 0 Å². The molecule has 0 unspecified atom stereocenters. The molecule has 5 nitrogen and oxygen atoms in total. The lowest BCUT2D eigenvalue weighted by Crippen LogP contribution is -2.41. The number of rotatable bonds is 5. The van der Waals surface area contributed by atoms with Crippen molar-refractivity contribution in [3.63, 3.8) is 0 Å². The van der Waals surface area contributed by atoms with Crippen molar-refractivity contribution < 1.29 is 19.5 Å². The van der Waals surface area contributed by atoms with Crippen LogP contribution in [-0.2, 0) is 9.59 Å². The third-order valence-corrected chi connectivity index (χ3v) is 3.05. The molecule has 0 aliphatic rings. The Bertz CT molecular complexity index is 530. The molecule has 1 aromatic carbocycles. The van der Waals surface area contributed by atoms with E-state index in [2.05, 4.69) is 5.32 Å². The first-order valence-electron chi connectivity index (χ1n) is 5.29. The van der Waals surface area contributed by atoms with E-state index in [9.17, 15) is 14.4 Å². The Balaban J connectivity index is 2.84. The molecule has 0 spiro atoms. The van der Waals surface area contributed by atoms with Crippen LogP contribution in [0.5, 0.6) is 0 Å². The lowest BCUT2D eigenvalue weighted by Gasteiger charge is -2.12. The van der Waals surface area contributed by atoms with Crippen molar-refractivity contribution in [1.29, 1.82) is 0 Å². The van der Waals surface area contributed by atoms with Gasteiger partial charge in [0.05, 0.1) is 10.0 Å². The Morgan fingerprint density at radius 3 is 2.37 bits per heavy atom. The Hall–Kier alpha value is -1.59. The molecule has 19 heavy (non-hydrogen) atoms. The van der Waals surface area contributed by atoms with E-state index in [4.69, 9.17) is 28.3 Å². The van der Waals surface area contributed by atoms with Crippen LogP contribution >= 0.6 is 23.2 Å². The number of Topliss-reactive ketones (excluding diaryl/α,β-unsaturated/α-hetero) is 1. The zero-order chi connectivity index (χ0) is 14.6. The number of nitrogens with one attached hydrogen (secondary N) is 1. The van der Waals surface area contributed by atoms with E-state index in [0.717, 1.165) is 0 Å². The number of benzene rings is 1. The summed E-state index contributed by atoms with van der Waals surface area (Å²) in [7, 11) is 0. The first-order chi connectivity index (χ1) is 8.81. The first-order valence-corrected chi connectivity index (χ1v) is 6.05. The van der Waals surface area contributed by atoms with Crippen molar-refractivity contribution in [3.05, 3.63) is 33.8 Å². The molecule has 0 fully saturated rings. The fourth-order valence-corrected chi connectivity index (χ4v) is 1.72. The zero-order valence-corrected chi connectivity index (χ0v) is 11.5. The van der Waals surface area contributed by atoms with E-state index in [-0.39, 0.29) is 17.0 Å². The first kappa shape index (κ1) is 15.5. The van der Waals surface area contributed by atoms with Gasteiger partial charge in [0.15, 0.2) is 5.78 Å². The predicted octanol–water partition coefficient (Wildman–Crippen LogP) is 2.16. The van der Waals surface area contributed by atoms with Gasteiger partial charge in [0.25, 0.3) is 0 Å². The Kier molecular flexibility index (Phi) is 5.32. The zero-order valence-electron chi connectivity index (χ0n) is 9.94. The van der Waals surface area contributed by atoms with Crippen molar-refractivity contribution in [2.45, 2.75) is 19.4 Å². The van der Waals surface area contributed by atoms with Crippen molar-refractivity contribution in [2.75, 3.05) is 0 Å². The number of hydrogen-bond acceptors (Lipinski definition) is 3. The number of aliphatic carboxylic acids is 1. The largest absolute Gasteiger partial charge is 0.480 e. The lowest BCUT2D eigenvalue weighted by atomic mass is 10.0. The number of ketones is 1. The summed E-state index contributed by atoms with van der Waals surface area (Å²) < 4.78 is 0. The van der Waals surface area contributed by atoms with E-state index in [1.54, 1.807) is 0 Å². The van der Waals surface area contributed by atoms with Crippen LogP contribution in [0.2, 0.25) is 10.0 Å². The van der Waals surface area contributed by atoms with Gasteiger partial charge in [-0.25, -0.2) is 4.79 Å². The molecular formula is C12H11Cl2NO4. The summed E-state index contributed by atoms with van der Waals surface area (Å²) >= 11 is 11.5. The highest BCUT2D eigenvalue weighted by Crippen LogP contribution is 2.23. The van der Waals surface area contributed by atoms with Gasteiger partial charge in [-0.3, -0.25) is 9.59 Å². The maximum Gasteiger partial charge on any atom is 0.326 e. The van der Waals surface area contributed by atoms with Crippen molar-refractivity contribution in [3.8, 4) is 0 Å². The van der Waals surface area contributed by atoms with E-state index < -0.39 is 23.7 Å². The molecule has 1 rings (SSSR count). The van der Waals surface area contributed by atoms with Crippen LogP contribution in [0.15, 0.2) is 18.2 Å². The minimum Gasteiger partial charge on any atom is -0.480 e. The average Bonchev–Trinajstić information content (AvgIpc) is 2.31. The quantitative estimate of drug-likeness (QED) is 0.816. The molecule has 0 heterocycles. The van der Waals surface area contributed by atoms with Crippen molar-refractivity contribution >= 4 is 40.9 Å². The monoisotopic (exact) mass is 303 g/mol. The van der Waals surface area contributed by atoms with Gasteiger partial charge in [0.1, 0.15) is 6.04 Å². The summed E-state index contributed by atoms with van der Waals surface area (Å²) in [5, 5.41) is 11.6. The average molecular weight is 304 g/mol. The summed E-state index contributed by atoms with van der Waals surface area (Å²) in [6, 6.07) is 2.99. The molecule has 0 aromatic heterocycles. The maximum atomic E-state index is 11.9. The van der Waals surface area contributed by atoms with Crippen LogP contribution in [0, 0.1) is 0 Å². The lowest BCUT2D eigenvalue weighted by molar-refractivity contribution is -0.141. The molecule has 0 bridgehead atoms. The number of hydrogen-bond donors (Lipinski definition) is 2. The molecular weight excluding hydrogens is 293 g/mol. The Morgan fingerprint density at radius 1 is 1.26 bits per heavy atom. The molecule has 0 saturated carbocycles. The molecule has 1 atom stereocenters. The van der Waals surface area contributed by atoms with Gasteiger partial charge >= 0.3 is 5.97 Å². The molecule has 0 saturated heterocycles. The number of amides is 1. The Morgan fingerprint density at radius 2 is 1.89 bits per heavy atom. The molecule has 1 amide bonds. The smallest absolute Gasteiger partial charge is 0.326 e. The van der Waals surface area contributed by atoms with E-state index in [1.165, 1.54) is 25.1 Å². The number of carbonyl (C=O) groups is 3. The molecule has 102 valence electrons. The van der Waals surface area contributed by atoms with Gasteiger partial charge < -0.3 is 10.4 Å². The number of carboxylic acid groups (broad SMARTS) is 1. The van der Waals surface area contributed by atoms with Gasteiger partial charge in [-0.2, -0.15) is 0 Å². The van der Waals surface area contributed by atoms with Gasteiger partial charge in [0.2, 0.25) is 5.91 Å². The SMILES string of the molecule is CC(=O)N[C@H](CC(=O)c1ccc(Cl)c(Cl)c1)C(=O)O. The molecule has 7 heteroatoms. The van der Waals surface area contributed by atoms with Crippen LogP contribution in [-0.4, -0.2) is 28.8 Å². The van der Waals surface area contributed by atoms with Crippen LogP contribution in [0.3, 0.4) is 0 Å². The van der Waals surface area contributed by atoms with E-state index in [1.807, 2.05) is 0 Å². The fraction of sp³-hybridized carbons (Fsp3) is 0.250. The highest BCUT2D eigenvalue weighted by Gasteiger charge is 2.22. The topological polar surface area (TPSA) is 83.5 Å². The van der Waals surface area contributed by atoms with Crippen molar-refractivity contribution in [1.82, 2.24) is 5.32 Å². The fourth-order valence-electron chi connectivity index (χ4n) is 1.42. The minimum absolute atomic E-state index is 0.207. The molecule has 0 aliphatic carbocycles. The summed E-state index contributed by atoms with van der Waals surface area (Å²) in [6.45, 7) is 1.18. The molecule has 0 radical (unpaired) electrons. The van der Waals surface area contributed by atoms with Crippen LogP contribution < -0.4 is 5.32 Å². The second-order valence-corrected chi connectivity index (χ2v) is 4.66.